The topological polar surface area (TPSA) is 55.1 Å². The molecular weight excluding hydrogens is 152 g/mol. The first-order chi connectivity index (χ1) is 5.49. The fourth-order valence-corrected chi connectivity index (χ4v) is 0.715. The average molecular weight is 172 g/mol. The van der Waals surface area contributed by atoms with E-state index in [1.807, 2.05) is 27.7 Å². The highest BCUT2D eigenvalue weighted by Crippen LogP contribution is 2.00. The van der Waals surface area contributed by atoms with E-state index in [4.69, 9.17) is 5.73 Å². The van der Waals surface area contributed by atoms with E-state index in [9.17, 15) is 4.79 Å². The van der Waals surface area contributed by atoms with Crippen LogP contribution in [-0.2, 0) is 4.79 Å². The van der Waals surface area contributed by atoms with Crippen molar-refractivity contribution in [1.29, 1.82) is 0 Å². The van der Waals surface area contributed by atoms with Gasteiger partial charge in [0, 0.05) is 18.0 Å². The molecule has 3 atom stereocenters. The zero-order chi connectivity index (χ0) is 9.72. The second-order valence-corrected chi connectivity index (χ2v) is 3.47. The molecule has 0 aliphatic carbocycles. The van der Waals surface area contributed by atoms with Gasteiger partial charge in [-0.25, -0.2) is 0 Å². The summed E-state index contributed by atoms with van der Waals surface area (Å²) in [5, 5.41) is 2.89. The summed E-state index contributed by atoms with van der Waals surface area (Å²) in [6.07, 6.45) is 0.956. The van der Waals surface area contributed by atoms with Gasteiger partial charge in [0.25, 0.3) is 0 Å². The zero-order valence-corrected chi connectivity index (χ0v) is 8.42. The van der Waals surface area contributed by atoms with Gasteiger partial charge in [-0.2, -0.15) is 0 Å². The fourth-order valence-electron chi connectivity index (χ4n) is 0.715. The zero-order valence-electron chi connectivity index (χ0n) is 8.42. The summed E-state index contributed by atoms with van der Waals surface area (Å²) >= 11 is 0. The summed E-state index contributed by atoms with van der Waals surface area (Å²) in [5.74, 6) is -0.0432. The summed E-state index contributed by atoms with van der Waals surface area (Å²) in [5.41, 5.74) is 5.59. The van der Waals surface area contributed by atoms with Crippen LogP contribution in [0, 0.1) is 5.92 Å². The van der Waals surface area contributed by atoms with Crippen molar-refractivity contribution in [3.63, 3.8) is 0 Å². The molecule has 0 saturated heterocycles. The van der Waals surface area contributed by atoms with Crippen LogP contribution in [0.5, 0.6) is 0 Å². The highest BCUT2D eigenvalue weighted by atomic mass is 16.1. The average Bonchev–Trinajstić information content (AvgIpc) is 2.02. The van der Waals surface area contributed by atoms with Crippen LogP contribution in [0.3, 0.4) is 0 Å². The summed E-state index contributed by atoms with van der Waals surface area (Å²) in [6, 6.07) is 0.174. The van der Waals surface area contributed by atoms with Gasteiger partial charge in [0.2, 0.25) is 5.91 Å². The molecule has 0 aromatic heterocycles. The van der Waals surface area contributed by atoms with Crippen molar-refractivity contribution in [1.82, 2.24) is 5.32 Å². The Balaban J connectivity index is 3.87. The second-order valence-electron chi connectivity index (χ2n) is 3.47. The van der Waals surface area contributed by atoms with E-state index >= 15 is 0 Å². The molecule has 0 fully saturated rings. The Morgan fingerprint density at radius 2 is 1.92 bits per heavy atom. The Morgan fingerprint density at radius 3 is 2.25 bits per heavy atom. The number of carbonyl (C=O) groups excluding carboxylic acids is 1. The first-order valence-electron chi connectivity index (χ1n) is 4.55. The maximum Gasteiger partial charge on any atom is 0.224 e. The van der Waals surface area contributed by atoms with Gasteiger partial charge in [0.1, 0.15) is 0 Å². The standard InChI is InChI=1S/C9H20N2O/c1-5-6(2)11-9(12)7(3)8(4)10/h6-8H,5,10H2,1-4H3,(H,11,12). The molecule has 3 N–H and O–H groups in total. The van der Waals surface area contributed by atoms with Gasteiger partial charge >= 0.3 is 0 Å². The number of nitrogens with two attached hydrogens (primary N) is 1. The van der Waals surface area contributed by atoms with E-state index in [0.29, 0.717) is 0 Å². The Kier molecular flexibility index (Phi) is 4.90. The van der Waals surface area contributed by atoms with Crippen LogP contribution in [0.25, 0.3) is 0 Å². The number of amides is 1. The predicted molar refractivity (Wildman–Crippen MR) is 50.7 cm³/mol. The summed E-state index contributed by atoms with van der Waals surface area (Å²) in [6.45, 7) is 7.73. The number of hydrogen-bond donors (Lipinski definition) is 2. The van der Waals surface area contributed by atoms with Crippen molar-refractivity contribution >= 4 is 5.91 Å². The number of rotatable bonds is 4. The van der Waals surface area contributed by atoms with E-state index < -0.39 is 0 Å². The molecule has 0 aromatic rings. The van der Waals surface area contributed by atoms with E-state index in [-0.39, 0.29) is 23.9 Å². The highest BCUT2D eigenvalue weighted by Gasteiger charge is 2.17. The first kappa shape index (κ1) is 11.4. The third-order valence-electron chi connectivity index (χ3n) is 2.20. The SMILES string of the molecule is CCC(C)NC(=O)C(C)C(C)N. The van der Waals surface area contributed by atoms with Gasteiger partial charge in [-0.05, 0) is 20.3 Å². The summed E-state index contributed by atoms with van der Waals surface area (Å²) in [7, 11) is 0. The molecule has 0 radical (unpaired) electrons. The largest absolute Gasteiger partial charge is 0.353 e. The molecular formula is C9H20N2O. The Morgan fingerprint density at radius 1 is 1.42 bits per heavy atom. The minimum atomic E-state index is -0.0981. The monoisotopic (exact) mass is 172 g/mol. The predicted octanol–water partition coefficient (Wildman–Crippen LogP) is 0.884. The van der Waals surface area contributed by atoms with Gasteiger partial charge in [-0.1, -0.05) is 13.8 Å². The van der Waals surface area contributed by atoms with Crippen molar-refractivity contribution in [2.75, 3.05) is 0 Å². The Labute approximate surface area is 74.7 Å². The molecule has 72 valence electrons. The van der Waals surface area contributed by atoms with Crippen LogP contribution >= 0.6 is 0 Å². The lowest BCUT2D eigenvalue weighted by Crippen LogP contribution is -2.42. The van der Waals surface area contributed by atoms with Crippen molar-refractivity contribution in [2.45, 2.75) is 46.2 Å². The molecule has 3 unspecified atom stereocenters. The molecule has 12 heavy (non-hydrogen) atoms. The Hall–Kier alpha value is -0.570. The molecule has 0 spiro atoms. The number of hydrogen-bond acceptors (Lipinski definition) is 2. The van der Waals surface area contributed by atoms with Crippen molar-refractivity contribution in [2.24, 2.45) is 11.7 Å². The molecule has 0 aliphatic rings. The number of carbonyl (C=O) groups is 1. The lowest BCUT2D eigenvalue weighted by Gasteiger charge is -2.18. The lowest BCUT2D eigenvalue weighted by molar-refractivity contribution is -0.125. The molecule has 0 aromatic carbocycles. The Bertz CT molecular complexity index is 145. The maximum absolute atomic E-state index is 11.4. The lowest BCUT2D eigenvalue weighted by atomic mass is 10.0. The molecule has 0 heterocycles. The minimum Gasteiger partial charge on any atom is -0.353 e. The van der Waals surface area contributed by atoms with Crippen LogP contribution < -0.4 is 11.1 Å². The normalized spacial score (nSPS) is 18.1. The molecule has 0 saturated carbocycles. The molecule has 0 rings (SSSR count). The molecule has 3 nitrogen and oxygen atoms in total. The van der Waals surface area contributed by atoms with Crippen LogP contribution in [0.2, 0.25) is 0 Å². The molecule has 3 heteroatoms. The van der Waals surface area contributed by atoms with Crippen LogP contribution in [-0.4, -0.2) is 18.0 Å². The summed E-state index contributed by atoms with van der Waals surface area (Å²) in [4.78, 5) is 11.4. The smallest absolute Gasteiger partial charge is 0.224 e. The number of nitrogens with one attached hydrogen (secondary N) is 1. The third kappa shape index (κ3) is 3.72. The summed E-state index contributed by atoms with van der Waals surface area (Å²) < 4.78 is 0. The van der Waals surface area contributed by atoms with E-state index in [0.717, 1.165) is 6.42 Å². The quantitative estimate of drug-likeness (QED) is 0.661. The van der Waals surface area contributed by atoms with Gasteiger partial charge in [-0.3, -0.25) is 4.79 Å². The first-order valence-corrected chi connectivity index (χ1v) is 4.55. The van der Waals surface area contributed by atoms with E-state index in [1.165, 1.54) is 0 Å². The molecule has 1 amide bonds. The van der Waals surface area contributed by atoms with Gasteiger partial charge < -0.3 is 11.1 Å². The van der Waals surface area contributed by atoms with Crippen molar-refractivity contribution in [3.8, 4) is 0 Å². The van der Waals surface area contributed by atoms with Crippen LogP contribution in [0.15, 0.2) is 0 Å². The second kappa shape index (κ2) is 5.14. The highest BCUT2D eigenvalue weighted by molar-refractivity contribution is 5.79. The van der Waals surface area contributed by atoms with Crippen molar-refractivity contribution in [3.05, 3.63) is 0 Å². The van der Waals surface area contributed by atoms with E-state index in [2.05, 4.69) is 5.32 Å². The molecule has 0 aliphatic heterocycles. The van der Waals surface area contributed by atoms with Gasteiger partial charge in [0.15, 0.2) is 0 Å². The van der Waals surface area contributed by atoms with Crippen LogP contribution in [0.4, 0.5) is 0 Å². The minimum absolute atomic E-state index is 0.0550. The van der Waals surface area contributed by atoms with Gasteiger partial charge in [0.05, 0.1) is 0 Å². The maximum atomic E-state index is 11.4. The van der Waals surface area contributed by atoms with E-state index in [1.54, 1.807) is 0 Å². The molecule has 0 bridgehead atoms. The van der Waals surface area contributed by atoms with Gasteiger partial charge in [-0.15, -0.1) is 0 Å². The van der Waals surface area contributed by atoms with Crippen molar-refractivity contribution < 1.29 is 4.79 Å². The van der Waals surface area contributed by atoms with Crippen LogP contribution in [0.1, 0.15) is 34.1 Å². The fraction of sp³-hybridized carbons (Fsp3) is 0.889. The third-order valence-corrected chi connectivity index (χ3v) is 2.20.